The first-order chi connectivity index (χ1) is 12.1. The summed E-state index contributed by atoms with van der Waals surface area (Å²) in [5.74, 6) is 0. The molecule has 6 nitrogen and oxygen atoms in total. The van der Waals surface area contributed by atoms with Crippen LogP contribution in [0.5, 0.6) is 0 Å². The van der Waals surface area contributed by atoms with E-state index in [2.05, 4.69) is 37.9 Å². The molecule has 0 spiro atoms. The molecule has 1 atom stereocenters. The normalized spacial score (nSPS) is 13.0. The molecular formula is C20H28N2O4. The van der Waals surface area contributed by atoms with E-state index in [-0.39, 0.29) is 12.0 Å². The predicted molar refractivity (Wildman–Crippen MR) is 104 cm³/mol. The van der Waals surface area contributed by atoms with Crippen molar-refractivity contribution in [3.8, 4) is 0 Å². The van der Waals surface area contributed by atoms with Crippen molar-refractivity contribution in [3.63, 3.8) is 0 Å². The maximum atomic E-state index is 12.0. The first-order valence-corrected chi connectivity index (χ1v) is 8.82. The molecule has 1 heterocycles. The third-order valence-electron chi connectivity index (χ3n) is 4.69. The van der Waals surface area contributed by atoms with E-state index in [4.69, 9.17) is 9.15 Å². The minimum Gasteiger partial charge on any atom is -0.450 e. The summed E-state index contributed by atoms with van der Waals surface area (Å²) in [6.45, 7) is 11.4. The zero-order valence-corrected chi connectivity index (χ0v) is 16.4. The van der Waals surface area contributed by atoms with Gasteiger partial charge in [0.1, 0.15) is 5.58 Å². The summed E-state index contributed by atoms with van der Waals surface area (Å²) in [6, 6.07) is 7.13. The van der Waals surface area contributed by atoms with Gasteiger partial charge in [0.15, 0.2) is 0 Å². The molecule has 26 heavy (non-hydrogen) atoms. The van der Waals surface area contributed by atoms with Crippen LogP contribution in [0.4, 0.5) is 10.5 Å². The lowest BCUT2D eigenvalue weighted by atomic mass is 9.87. The van der Waals surface area contributed by atoms with Gasteiger partial charge in [0, 0.05) is 35.8 Å². The van der Waals surface area contributed by atoms with Gasteiger partial charge < -0.3 is 9.15 Å². The van der Waals surface area contributed by atoms with Crippen LogP contribution in [-0.4, -0.2) is 30.7 Å². The minimum absolute atomic E-state index is 0.126. The molecule has 0 saturated heterocycles. The highest BCUT2D eigenvalue weighted by molar-refractivity contribution is 5.89. The van der Waals surface area contributed by atoms with Crippen LogP contribution >= 0.6 is 0 Å². The number of amides is 1. The molecule has 0 aliphatic carbocycles. The van der Waals surface area contributed by atoms with E-state index < -0.39 is 11.7 Å². The number of hydrogen-bond acceptors (Lipinski definition) is 5. The maximum absolute atomic E-state index is 12.0. The van der Waals surface area contributed by atoms with Gasteiger partial charge in [-0.3, -0.25) is 10.2 Å². The SMILES string of the molecule is CCOC(=O)Nc1ccc2c(CN(C)C(C)C(C)(C)C)cc(=O)oc2c1. The fraction of sp³-hybridized carbons (Fsp3) is 0.500. The second-order valence-electron chi connectivity index (χ2n) is 7.60. The molecule has 1 aromatic carbocycles. The number of ether oxygens (including phenoxy) is 1. The van der Waals surface area contributed by atoms with Gasteiger partial charge in [0.25, 0.3) is 0 Å². The summed E-state index contributed by atoms with van der Waals surface area (Å²) < 4.78 is 10.2. The van der Waals surface area contributed by atoms with Crippen molar-refractivity contribution >= 4 is 22.7 Å². The zero-order valence-electron chi connectivity index (χ0n) is 16.4. The van der Waals surface area contributed by atoms with Crippen LogP contribution in [0.1, 0.15) is 40.2 Å². The summed E-state index contributed by atoms with van der Waals surface area (Å²) in [5, 5.41) is 3.47. The number of hydrogen-bond donors (Lipinski definition) is 1. The Morgan fingerprint density at radius 3 is 2.62 bits per heavy atom. The third kappa shape index (κ3) is 4.85. The van der Waals surface area contributed by atoms with E-state index in [1.807, 2.05) is 13.1 Å². The molecule has 2 rings (SSSR count). The summed E-state index contributed by atoms with van der Waals surface area (Å²) in [4.78, 5) is 25.8. The first kappa shape index (κ1) is 20.0. The van der Waals surface area contributed by atoms with Gasteiger partial charge in [-0.15, -0.1) is 0 Å². The fourth-order valence-corrected chi connectivity index (χ4v) is 2.79. The zero-order chi connectivity index (χ0) is 19.5. The number of carbonyl (C=O) groups excluding carboxylic acids is 1. The molecule has 1 aromatic heterocycles. The second-order valence-corrected chi connectivity index (χ2v) is 7.60. The Hall–Kier alpha value is -2.34. The molecule has 0 saturated carbocycles. The number of carbonyl (C=O) groups is 1. The van der Waals surface area contributed by atoms with E-state index in [1.165, 1.54) is 6.07 Å². The highest BCUT2D eigenvalue weighted by atomic mass is 16.5. The Labute approximate surface area is 154 Å². The Morgan fingerprint density at radius 1 is 1.31 bits per heavy atom. The van der Waals surface area contributed by atoms with Gasteiger partial charge >= 0.3 is 11.7 Å². The van der Waals surface area contributed by atoms with E-state index in [1.54, 1.807) is 19.1 Å². The molecule has 0 radical (unpaired) electrons. The molecule has 1 N–H and O–H groups in total. The van der Waals surface area contributed by atoms with Crippen LogP contribution in [0.15, 0.2) is 33.5 Å². The standard InChI is InChI=1S/C20H28N2O4/c1-7-25-19(24)21-15-8-9-16-14(10-18(23)26-17(16)11-15)12-22(6)13(2)20(3,4)5/h8-11,13H,7,12H2,1-6H3,(H,21,24). The van der Waals surface area contributed by atoms with Crippen LogP contribution in [0.25, 0.3) is 11.0 Å². The van der Waals surface area contributed by atoms with Crippen LogP contribution in [0, 0.1) is 5.41 Å². The van der Waals surface area contributed by atoms with Crippen molar-refractivity contribution in [2.45, 2.75) is 47.2 Å². The van der Waals surface area contributed by atoms with Gasteiger partial charge in [0.05, 0.1) is 6.61 Å². The molecule has 0 fully saturated rings. The average molecular weight is 360 g/mol. The summed E-state index contributed by atoms with van der Waals surface area (Å²) in [7, 11) is 2.05. The van der Waals surface area contributed by atoms with Gasteiger partial charge in [-0.05, 0) is 44.0 Å². The lowest BCUT2D eigenvalue weighted by Gasteiger charge is -2.35. The Kier molecular flexibility index (Phi) is 6.08. The fourth-order valence-electron chi connectivity index (χ4n) is 2.79. The molecular weight excluding hydrogens is 332 g/mol. The Bertz CT molecular complexity index is 836. The number of nitrogens with zero attached hydrogens (tertiary/aromatic N) is 1. The monoisotopic (exact) mass is 360 g/mol. The van der Waals surface area contributed by atoms with Crippen molar-refractivity contribution in [1.82, 2.24) is 4.90 Å². The second kappa shape index (κ2) is 7.91. The van der Waals surface area contributed by atoms with Gasteiger partial charge in [0.2, 0.25) is 0 Å². The highest BCUT2D eigenvalue weighted by Crippen LogP contribution is 2.27. The highest BCUT2D eigenvalue weighted by Gasteiger charge is 2.24. The van der Waals surface area contributed by atoms with Crippen LogP contribution < -0.4 is 10.9 Å². The van der Waals surface area contributed by atoms with Crippen LogP contribution in [0.3, 0.4) is 0 Å². The molecule has 6 heteroatoms. The number of nitrogens with one attached hydrogen (secondary N) is 1. The van der Waals surface area contributed by atoms with Crippen LogP contribution in [-0.2, 0) is 11.3 Å². The lowest BCUT2D eigenvalue weighted by Crippen LogP contribution is -2.38. The predicted octanol–water partition coefficient (Wildman–Crippen LogP) is 4.23. The van der Waals surface area contributed by atoms with Gasteiger partial charge in [-0.1, -0.05) is 20.8 Å². The smallest absolute Gasteiger partial charge is 0.411 e. The van der Waals surface area contributed by atoms with Crippen molar-refractivity contribution < 1.29 is 13.9 Å². The molecule has 1 amide bonds. The molecule has 2 aromatic rings. The largest absolute Gasteiger partial charge is 0.450 e. The number of benzene rings is 1. The summed E-state index contributed by atoms with van der Waals surface area (Å²) in [5.41, 5.74) is 1.59. The van der Waals surface area contributed by atoms with E-state index in [9.17, 15) is 9.59 Å². The molecule has 0 aliphatic rings. The van der Waals surface area contributed by atoms with Crippen molar-refractivity contribution in [1.29, 1.82) is 0 Å². The lowest BCUT2D eigenvalue weighted by molar-refractivity contribution is 0.135. The minimum atomic E-state index is -0.538. The molecule has 0 aliphatic heterocycles. The summed E-state index contributed by atoms with van der Waals surface area (Å²) in [6.07, 6.45) is -0.538. The quantitative estimate of drug-likeness (QED) is 0.808. The Morgan fingerprint density at radius 2 is 2.00 bits per heavy atom. The number of rotatable bonds is 5. The van der Waals surface area contributed by atoms with Crippen LogP contribution in [0.2, 0.25) is 0 Å². The van der Waals surface area contributed by atoms with E-state index in [0.717, 1.165) is 10.9 Å². The van der Waals surface area contributed by atoms with Crippen molar-refractivity contribution in [3.05, 3.63) is 40.2 Å². The average Bonchev–Trinajstić information content (AvgIpc) is 2.52. The van der Waals surface area contributed by atoms with Crippen molar-refractivity contribution in [2.75, 3.05) is 19.0 Å². The summed E-state index contributed by atoms with van der Waals surface area (Å²) >= 11 is 0. The number of fused-ring (bicyclic) bond motifs is 1. The first-order valence-electron chi connectivity index (χ1n) is 8.82. The topological polar surface area (TPSA) is 71.8 Å². The molecule has 142 valence electrons. The van der Waals surface area contributed by atoms with Crippen molar-refractivity contribution in [2.24, 2.45) is 5.41 Å². The maximum Gasteiger partial charge on any atom is 0.411 e. The van der Waals surface area contributed by atoms with E-state index >= 15 is 0 Å². The Balaban J connectivity index is 2.33. The molecule has 0 bridgehead atoms. The van der Waals surface area contributed by atoms with Gasteiger partial charge in [-0.25, -0.2) is 9.59 Å². The van der Waals surface area contributed by atoms with Gasteiger partial charge in [-0.2, -0.15) is 0 Å². The molecule has 1 unspecified atom stereocenters. The third-order valence-corrected chi connectivity index (χ3v) is 4.69. The number of anilines is 1. The van der Waals surface area contributed by atoms with E-state index in [0.29, 0.717) is 23.9 Å².